The fourth-order valence-corrected chi connectivity index (χ4v) is 12.1. The normalized spacial score (nSPS) is 18.4. The van der Waals surface area contributed by atoms with Gasteiger partial charge in [-0.1, -0.05) is 275 Å². The molecule has 0 spiro atoms. The number of hydrogen-bond donors (Lipinski definition) is 4. The summed E-state index contributed by atoms with van der Waals surface area (Å²) >= 11 is 0. The lowest BCUT2D eigenvalue weighted by Gasteiger charge is -2.44. The highest BCUT2D eigenvalue weighted by Crippen LogP contribution is 2.52. The Labute approximate surface area is 468 Å². The number of amides is 1. The van der Waals surface area contributed by atoms with Crippen molar-refractivity contribution in [3.8, 4) is 11.5 Å². The van der Waals surface area contributed by atoms with Crippen molar-refractivity contribution in [1.29, 1.82) is 0 Å². The van der Waals surface area contributed by atoms with Crippen molar-refractivity contribution in [3.05, 3.63) is 60.7 Å². The molecular weight excluding hydrogens is 990 g/mol. The van der Waals surface area contributed by atoms with E-state index in [2.05, 4.69) is 26.1 Å². The van der Waals surface area contributed by atoms with Crippen molar-refractivity contribution in [2.24, 2.45) is 5.92 Å². The number of aliphatic hydroxyl groups is 3. The molecular formula is C64H110NO11P. The van der Waals surface area contributed by atoms with Crippen LogP contribution in [-0.2, 0) is 28.2 Å². The lowest BCUT2D eigenvalue weighted by molar-refractivity contribution is -0.255. The first kappa shape index (κ1) is 68.3. The third-order valence-corrected chi connectivity index (χ3v) is 16.7. The minimum atomic E-state index is -4.71. The molecule has 2 aromatic rings. The van der Waals surface area contributed by atoms with Gasteiger partial charge in [-0.05, 0) is 49.4 Å². The van der Waals surface area contributed by atoms with Crippen LogP contribution in [-0.4, -0.2) is 70.6 Å². The number of para-hydroxylation sites is 2. The van der Waals surface area contributed by atoms with E-state index in [1.807, 2.05) is 0 Å². The molecule has 2 aromatic carbocycles. The van der Waals surface area contributed by atoms with Crippen LogP contribution in [0.25, 0.3) is 0 Å². The van der Waals surface area contributed by atoms with E-state index in [4.69, 9.17) is 23.0 Å². The maximum atomic E-state index is 14.9. The number of aliphatic hydroxyl groups excluding tert-OH is 3. The van der Waals surface area contributed by atoms with Crippen molar-refractivity contribution < 1.29 is 52.5 Å². The highest BCUT2D eigenvalue weighted by Gasteiger charge is 2.53. The number of benzene rings is 2. The van der Waals surface area contributed by atoms with E-state index in [0.717, 1.165) is 70.6 Å². The largest absolute Gasteiger partial charge is 0.588 e. The van der Waals surface area contributed by atoms with Crippen LogP contribution in [0.3, 0.4) is 0 Å². The van der Waals surface area contributed by atoms with Gasteiger partial charge in [-0.15, -0.1) is 0 Å². The van der Waals surface area contributed by atoms with E-state index < -0.39 is 63.1 Å². The first-order valence-electron chi connectivity index (χ1n) is 31.5. The van der Waals surface area contributed by atoms with Gasteiger partial charge in [-0.2, -0.15) is 0 Å². The number of phosphoric acid groups is 1. The van der Waals surface area contributed by atoms with E-state index in [-0.39, 0.29) is 30.3 Å². The zero-order valence-corrected chi connectivity index (χ0v) is 49.5. The molecule has 13 heteroatoms. The summed E-state index contributed by atoms with van der Waals surface area (Å²) in [6, 6.07) is 15.2. The van der Waals surface area contributed by atoms with Crippen LogP contribution in [0.2, 0.25) is 0 Å². The molecule has 0 saturated carbocycles. The summed E-state index contributed by atoms with van der Waals surface area (Å²) in [5.41, 5.74) is 0. The van der Waals surface area contributed by atoms with Crippen LogP contribution in [0, 0.1) is 5.92 Å². The van der Waals surface area contributed by atoms with Gasteiger partial charge in [-0.3, -0.25) is 14.1 Å². The van der Waals surface area contributed by atoms with Gasteiger partial charge in [0.2, 0.25) is 5.91 Å². The Kier molecular flexibility index (Phi) is 39.7. The second-order valence-corrected chi connectivity index (χ2v) is 23.8. The Balaban J connectivity index is 1.75. The van der Waals surface area contributed by atoms with Crippen LogP contribution in [0.15, 0.2) is 60.7 Å². The second-order valence-electron chi connectivity index (χ2n) is 22.4. The molecule has 4 N–H and O–H groups in total. The molecule has 442 valence electrons. The number of ether oxygens (including phenoxy) is 2. The molecule has 1 saturated heterocycles. The zero-order valence-electron chi connectivity index (χ0n) is 48.7. The summed E-state index contributed by atoms with van der Waals surface area (Å²) < 4.78 is 45.4. The number of hydrogen-bond acceptors (Lipinski definition) is 11. The van der Waals surface area contributed by atoms with Gasteiger partial charge >= 0.3 is 13.8 Å². The molecule has 1 heterocycles. The van der Waals surface area contributed by atoms with Crippen LogP contribution in [0.1, 0.15) is 271 Å². The van der Waals surface area contributed by atoms with Gasteiger partial charge in [0.05, 0.1) is 19.1 Å². The molecule has 0 radical (unpaired) electrons. The van der Waals surface area contributed by atoms with Crippen LogP contribution in [0.4, 0.5) is 0 Å². The number of carbonyl (C=O) groups excluding carboxylic acids is 2. The van der Waals surface area contributed by atoms with E-state index in [1.165, 1.54) is 161 Å². The van der Waals surface area contributed by atoms with Crippen LogP contribution < -0.4 is 14.4 Å². The van der Waals surface area contributed by atoms with Crippen molar-refractivity contribution in [2.45, 2.75) is 308 Å². The predicted octanol–water partition coefficient (Wildman–Crippen LogP) is 17.0. The lowest BCUT2D eigenvalue weighted by atomic mass is 9.91. The third-order valence-electron chi connectivity index (χ3n) is 15.3. The summed E-state index contributed by atoms with van der Waals surface area (Å²) in [4.78, 5) is 28.2. The number of rotatable bonds is 50. The van der Waals surface area contributed by atoms with Gasteiger partial charge in [-0.25, -0.2) is 4.57 Å². The maximum absolute atomic E-state index is 14.9. The Morgan fingerprint density at radius 1 is 0.532 bits per heavy atom. The van der Waals surface area contributed by atoms with E-state index in [0.29, 0.717) is 6.42 Å². The molecule has 0 aliphatic carbocycles. The molecule has 77 heavy (non-hydrogen) atoms. The summed E-state index contributed by atoms with van der Waals surface area (Å²) in [7, 11) is -4.71. The third kappa shape index (κ3) is 32.8. The molecule has 0 bridgehead atoms. The molecule has 1 aliphatic rings. The maximum Gasteiger partial charge on any atom is 0.588 e. The van der Waals surface area contributed by atoms with Crippen molar-refractivity contribution in [1.82, 2.24) is 5.32 Å². The topological polar surface area (TPSA) is 170 Å². The highest BCUT2D eigenvalue weighted by molar-refractivity contribution is 7.49. The molecule has 7 atom stereocenters. The Hall–Kier alpha value is -2.99. The molecule has 1 aliphatic heterocycles. The average Bonchev–Trinajstić information content (AvgIpc) is 3.43. The summed E-state index contributed by atoms with van der Waals surface area (Å²) in [6.07, 6.45) is 36.4. The number of unbranched alkanes of at least 4 members (excludes halogenated alkanes) is 31. The van der Waals surface area contributed by atoms with Crippen LogP contribution in [0.5, 0.6) is 11.5 Å². The molecule has 0 unspecified atom stereocenters. The first-order valence-corrected chi connectivity index (χ1v) is 33.0. The average molecular weight is 1100 g/mol. The van der Waals surface area contributed by atoms with E-state index >= 15 is 0 Å². The van der Waals surface area contributed by atoms with Gasteiger partial charge in [0, 0.05) is 6.42 Å². The fraction of sp³-hybridized carbons (Fsp3) is 0.781. The first-order chi connectivity index (χ1) is 37.6. The van der Waals surface area contributed by atoms with Gasteiger partial charge in [0.15, 0.2) is 12.4 Å². The lowest BCUT2D eigenvalue weighted by Crippen LogP contribution is -2.66. The molecule has 1 amide bonds. The number of carbonyl (C=O) groups is 2. The van der Waals surface area contributed by atoms with Crippen LogP contribution >= 0.6 is 7.82 Å². The molecule has 0 aromatic heterocycles. The van der Waals surface area contributed by atoms with Gasteiger partial charge < -0.3 is 39.2 Å². The van der Waals surface area contributed by atoms with Gasteiger partial charge in [0.1, 0.15) is 29.7 Å². The SMILES string of the molecule is CCCCCCCCCCCCCCCCCC[C@H](CCCCCCCCCCC)CC(=O)O[C@@H]1[C@H](NC(=O)C[C@H](O)CCCCCCCCCCC)[C@@H](O)O[C@H](CO)[C@H]1OP(=O)(Oc1ccccc1)Oc1ccccc1. The molecule has 1 fully saturated rings. The smallest absolute Gasteiger partial charge is 0.457 e. The predicted molar refractivity (Wildman–Crippen MR) is 313 cm³/mol. The summed E-state index contributed by atoms with van der Waals surface area (Å²) in [6.45, 7) is 5.99. The van der Waals surface area contributed by atoms with Gasteiger partial charge in [0.25, 0.3) is 0 Å². The number of phosphoric ester groups is 1. The summed E-state index contributed by atoms with van der Waals surface area (Å²) in [5.74, 6) is -0.804. The Bertz CT molecular complexity index is 1710. The number of nitrogens with one attached hydrogen (secondary N) is 1. The van der Waals surface area contributed by atoms with E-state index in [1.54, 1.807) is 60.7 Å². The monoisotopic (exact) mass is 1100 g/mol. The Morgan fingerprint density at radius 2 is 0.896 bits per heavy atom. The minimum Gasteiger partial charge on any atom is -0.457 e. The number of esters is 1. The fourth-order valence-electron chi connectivity index (χ4n) is 10.7. The highest BCUT2D eigenvalue weighted by atomic mass is 31.2. The quantitative estimate of drug-likeness (QED) is 0.0282. The zero-order chi connectivity index (χ0) is 55.4. The van der Waals surface area contributed by atoms with Crippen molar-refractivity contribution in [3.63, 3.8) is 0 Å². The van der Waals surface area contributed by atoms with Crippen molar-refractivity contribution in [2.75, 3.05) is 6.61 Å². The standard InChI is InChI=1S/C64H110NO11P/c1-4-7-10-13-16-19-20-21-22-23-24-25-28-30-33-38-45-54(44-37-32-29-26-17-14-11-8-5-2)51-60(69)73-63-61(65-59(68)52-55(67)46-39-34-31-27-18-15-12-9-6-3)64(70)72-58(53-66)62(63)76-77(71,74-56-47-40-35-41-48-56)75-57-49-42-36-43-50-57/h35-36,40-43,47-50,54-55,58,61-64,66-67,70H,4-34,37-39,44-46,51-53H2,1-3H3,(H,65,68)/t54-,55+,58+,61-,62+,63+,64-/m0/s1. The van der Waals surface area contributed by atoms with Crippen molar-refractivity contribution >= 4 is 19.7 Å². The van der Waals surface area contributed by atoms with E-state index in [9.17, 15) is 29.5 Å². The minimum absolute atomic E-state index is 0.0367. The Morgan fingerprint density at radius 3 is 1.27 bits per heavy atom. The summed E-state index contributed by atoms with van der Waals surface area (Å²) in [5, 5.41) is 36.1. The second kappa shape index (κ2) is 44.7. The molecule has 3 rings (SSSR count). The molecule has 12 nitrogen and oxygen atoms in total.